The summed E-state index contributed by atoms with van der Waals surface area (Å²) in [6, 6.07) is 5.34. The summed E-state index contributed by atoms with van der Waals surface area (Å²) in [4.78, 5) is 11.8. The molecule has 1 aromatic carbocycles. The fourth-order valence-corrected chi connectivity index (χ4v) is 1.55. The zero-order valence-corrected chi connectivity index (χ0v) is 9.38. The van der Waals surface area contributed by atoms with E-state index in [1.165, 1.54) is 6.20 Å². The molecule has 4 nitrogen and oxygen atoms in total. The van der Waals surface area contributed by atoms with E-state index in [4.69, 9.17) is 11.6 Å². The lowest BCUT2D eigenvalue weighted by atomic mass is 10.1. The van der Waals surface area contributed by atoms with Gasteiger partial charge in [0, 0.05) is 6.20 Å². The molecule has 0 atom stereocenters. The molecule has 2 rings (SSSR count). The van der Waals surface area contributed by atoms with Gasteiger partial charge in [0.15, 0.2) is 0 Å². The number of aryl methyl sites for hydroxylation is 1. The zero-order valence-electron chi connectivity index (χ0n) is 8.62. The highest BCUT2D eigenvalue weighted by Crippen LogP contribution is 2.21. The van der Waals surface area contributed by atoms with Crippen molar-refractivity contribution in [3.63, 3.8) is 0 Å². The molecule has 16 heavy (non-hydrogen) atoms. The summed E-state index contributed by atoms with van der Waals surface area (Å²) in [5, 5.41) is 9.52. The minimum absolute atomic E-state index is 0.241. The molecule has 2 aromatic rings. The quantitative estimate of drug-likeness (QED) is 0.841. The number of hydrogen-bond acceptors (Lipinski definition) is 2. The van der Waals surface area contributed by atoms with Crippen molar-refractivity contribution in [1.82, 2.24) is 10.2 Å². The van der Waals surface area contributed by atoms with Gasteiger partial charge in [-0.25, -0.2) is 0 Å². The SMILES string of the molecule is Cc1cccc(C(=O)Nc2cn[nH]c2)c1Cl. The summed E-state index contributed by atoms with van der Waals surface area (Å²) < 4.78 is 0. The van der Waals surface area contributed by atoms with Crippen molar-refractivity contribution in [2.45, 2.75) is 6.92 Å². The van der Waals surface area contributed by atoms with E-state index in [9.17, 15) is 4.79 Å². The summed E-state index contributed by atoms with van der Waals surface area (Å²) in [5.74, 6) is -0.241. The third-order valence-corrected chi connectivity index (χ3v) is 2.69. The van der Waals surface area contributed by atoms with Gasteiger partial charge in [-0.2, -0.15) is 5.10 Å². The molecule has 82 valence electrons. The van der Waals surface area contributed by atoms with Gasteiger partial charge in [-0.3, -0.25) is 9.89 Å². The summed E-state index contributed by atoms with van der Waals surface area (Å²) >= 11 is 6.04. The highest BCUT2D eigenvalue weighted by molar-refractivity contribution is 6.35. The van der Waals surface area contributed by atoms with Gasteiger partial charge in [-0.15, -0.1) is 0 Å². The number of nitrogens with zero attached hydrogens (tertiary/aromatic N) is 1. The average Bonchev–Trinajstić information content (AvgIpc) is 2.74. The maximum absolute atomic E-state index is 11.8. The van der Waals surface area contributed by atoms with Crippen LogP contribution in [-0.2, 0) is 0 Å². The minimum Gasteiger partial charge on any atom is -0.319 e. The molecule has 0 saturated heterocycles. The molecule has 0 unspecified atom stereocenters. The van der Waals surface area contributed by atoms with Crippen molar-refractivity contribution in [1.29, 1.82) is 0 Å². The molecule has 0 saturated carbocycles. The summed E-state index contributed by atoms with van der Waals surface area (Å²) in [7, 11) is 0. The van der Waals surface area contributed by atoms with Crippen molar-refractivity contribution >= 4 is 23.2 Å². The second kappa shape index (κ2) is 4.37. The smallest absolute Gasteiger partial charge is 0.257 e. The Morgan fingerprint density at radius 1 is 1.50 bits per heavy atom. The molecule has 0 spiro atoms. The standard InChI is InChI=1S/C11H10ClN3O/c1-7-3-2-4-9(10(7)12)11(16)15-8-5-13-14-6-8/h2-6H,1H3,(H,13,14)(H,15,16). The fourth-order valence-electron chi connectivity index (χ4n) is 1.34. The lowest BCUT2D eigenvalue weighted by Gasteiger charge is -2.06. The number of halogens is 1. The molecule has 0 bridgehead atoms. The van der Waals surface area contributed by atoms with Crippen LogP contribution in [-0.4, -0.2) is 16.1 Å². The molecule has 1 aromatic heterocycles. The monoisotopic (exact) mass is 235 g/mol. The number of aromatic amines is 1. The predicted molar refractivity (Wildman–Crippen MR) is 62.7 cm³/mol. The average molecular weight is 236 g/mol. The van der Waals surface area contributed by atoms with Crippen LogP contribution < -0.4 is 5.32 Å². The van der Waals surface area contributed by atoms with Gasteiger partial charge >= 0.3 is 0 Å². The van der Waals surface area contributed by atoms with Gasteiger partial charge in [0.25, 0.3) is 5.91 Å². The number of rotatable bonds is 2. The minimum atomic E-state index is -0.241. The number of aromatic nitrogens is 2. The second-order valence-electron chi connectivity index (χ2n) is 3.38. The Balaban J connectivity index is 2.24. The van der Waals surface area contributed by atoms with Crippen LogP contribution in [0.1, 0.15) is 15.9 Å². The topological polar surface area (TPSA) is 57.8 Å². The van der Waals surface area contributed by atoms with Crippen LogP contribution in [0.15, 0.2) is 30.6 Å². The van der Waals surface area contributed by atoms with Gasteiger partial charge in [-0.1, -0.05) is 23.7 Å². The molecule has 0 aliphatic heterocycles. The first-order valence-electron chi connectivity index (χ1n) is 4.73. The van der Waals surface area contributed by atoms with E-state index in [-0.39, 0.29) is 5.91 Å². The van der Waals surface area contributed by atoms with Crippen LogP contribution in [0.4, 0.5) is 5.69 Å². The first kappa shape index (κ1) is 10.7. The molecule has 5 heteroatoms. The normalized spacial score (nSPS) is 10.1. The van der Waals surface area contributed by atoms with Crippen molar-refractivity contribution < 1.29 is 4.79 Å². The van der Waals surface area contributed by atoms with E-state index >= 15 is 0 Å². The van der Waals surface area contributed by atoms with Gasteiger partial charge in [-0.05, 0) is 18.6 Å². The third kappa shape index (κ3) is 2.06. The number of carbonyl (C=O) groups excluding carboxylic acids is 1. The van der Waals surface area contributed by atoms with Crippen molar-refractivity contribution in [2.75, 3.05) is 5.32 Å². The van der Waals surface area contributed by atoms with Crippen LogP contribution >= 0.6 is 11.6 Å². The molecule has 2 N–H and O–H groups in total. The maximum atomic E-state index is 11.8. The van der Waals surface area contributed by atoms with Gasteiger partial charge in [0.2, 0.25) is 0 Å². The molecule has 0 fully saturated rings. The van der Waals surface area contributed by atoms with Crippen LogP contribution in [0.2, 0.25) is 5.02 Å². The van der Waals surface area contributed by atoms with Gasteiger partial charge < -0.3 is 5.32 Å². The highest BCUT2D eigenvalue weighted by atomic mass is 35.5. The molecular weight excluding hydrogens is 226 g/mol. The van der Waals surface area contributed by atoms with Crippen molar-refractivity contribution in [2.24, 2.45) is 0 Å². The Bertz CT molecular complexity index is 508. The first-order chi connectivity index (χ1) is 7.68. The number of carbonyl (C=O) groups is 1. The van der Waals surface area contributed by atoms with E-state index in [2.05, 4.69) is 15.5 Å². The largest absolute Gasteiger partial charge is 0.319 e. The Morgan fingerprint density at radius 3 is 3.00 bits per heavy atom. The molecule has 0 radical (unpaired) electrons. The summed E-state index contributed by atoms with van der Waals surface area (Å²) in [6.45, 7) is 1.86. The lowest BCUT2D eigenvalue weighted by Crippen LogP contribution is -2.12. The molecular formula is C11H10ClN3O. The Kier molecular flexibility index (Phi) is 2.92. The van der Waals surface area contributed by atoms with E-state index in [0.29, 0.717) is 16.3 Å². The highest BCUT2D eigenvalue weighted by Gasteiger charge is 2.11. The van der Waals surface area contributed by atoms with Crippen LogP contribution in [0.3, 0.4) is 0 Å². The summed E-state index contributed by atoms with van der Waals surface area (Å²) in [5.41, 5.74) is 1.95. The predicted octanol–water partition coefficient (Wildman–Crippen LogP) is 2.62. The Morgan fingerprint density at radius 2 is 2.31 bits per heavy atom. The fraction of sp³-hybridized carbons (Fsp3) is 0.0909. The van der Waals surface area contributed by atoms with E-state index in [1.807, 2.05) is 13.0 Å². The molecule has 0 aliphatic carbocycles. The number of benzene rings is 1. The molecule has 0 aliphatic rings. The van der Waals surface area contributed by atoms with Gasteiger partial charge in [0.1, 0.15) is 0 Å². The maximum Gasteiger partial charge on any atom is 0.257 e. The van der Waals surface area contributed by atoms with E-state index in [1.54, 1.807) is 18.3 Å². The summed E-state index contributed by atoms with van der Waals surface area (Å²) in [6.07, 6.45) is 3.13. The van der Waals surface area contributed by atoms with Crippen molar-refractivity contribution in [3.05, 3.63) is 46.7 Å². The van der Waals surface area contributed by atoms with Crippen LogP contribution in [0, 0.1) is 6.92 Å². The number of H-pyrrole nitrogens is 1. The second-order valence-corrected chi connectivity index (χ2v) is 3.76. The van der Waals surface area contributed by atoms with Crippen LogP contribution in [0.5, 0.6) is 0 Å². The van der Waals surface area contributed by atoms with Gasteiger partial charge in [0.05, 0.1) is 22.5 Å². The van der Waals surface area contributed by atoms with Crippen LogP contribution in [0.25, 0.3) is 0 Å². The van der Waals surface area contributed by atoms with Crippen molar-refractivity contribution in [3.8, 4) is 0 Å². The number of anilines is 1. The van der Waals surface area contributed by atoms with E-state index < -0.39 is 0 Å². The Labute approximate surface area is 97.6 Å². The zero-order chi connectivity index (χ0) is 11.5. The number of amides is 1. The number of hydrogen-bond donors (Lipinski definition) is 2. The third-order valence-electron chi connectivity index (χ3n) is 2.19. The lowest BCUT2D eigenvalue weighted by molar-refractivity contribution is 0.102. The Hall–Kier alpha value is -1.81. The molecule has 1 heterocycles. The van der Waals surface area contributed by atoms with E-state index in [0.717, 1.165) is 5.56 Å². The molecule has 1 amide bonds. The first-order valence-corrected chi connectivity index (χ1v) is 5.11. The number of nitrogens with one attached hydrogen (secondary N) is 2.